The molecule has 34 heavy (non-hydrogen) atoms. The highest BCUT2D eigenvalue weighted by molar-refractivity contribution is 8.00. The van der Waals surface area contributed by atoms with E-state index in [4.69, 9.17) is 0 Å². The van der Waals surface area contributed by atoms with Crippen molar-refractivity contribution in [3.05, 3.63) is 94.5 Å². The minimum absolute atomic E-state index is 0.103. The molecular weight excluding hydrogens is 440 g/mol. The number of amides is 2. The van der Waals surface area contributed by atoms with E-state index in [0.717, 1.165) is 23.4 Å². The molecule has 1 aliphatic heterocycles. The minimum atomic E-state index is -0.126. The Hall–Kier alpha value is -3.05. The predicted molar refractivity (Wildman–Crippen MR) is 143 cm³/mol. The van der Waals surface area contributed by atoms with Gasteiger partial charge in [-0.05, 0) is 85.3 Å². The Balaban J connectivity index is 1.48. The van der Waals surface area contributed by atoms with Crippen molar-refractivity contribution in [2.45, 2.75) is 51.8 Å². The summed E-state index contributed by atoms with van der Waals surface area (Å²) in [6.45, 7) is 6.34. The molecule has 3 aromatic carbocycles. The summed E-state index contributed by atoms with van der Waals surface area (Å²) in [4.78, 5) is 27.5. The average molecular weight is 473 g/mol. The van der Waals surface area contributed by atoms with Gasteiger partial charge in [0.15, 0.2) is 0 Å². The summed E-state index contributed by atoms with van der Waals surface area (Å²) in [7, 11) is 0. The van der Waals surface area contributed by atoms with Crippen molar-refractivity contribution in [3.63, 3.8) is 0 Å². The molecule has 1 saturated heterocycles. The van der Waals surface area contributed by atoms with Gasteiger partial charge >= 0.3 is 0 Å². The van der Waals surface area contributed by atoms with Crippen LogP contribution in [0.1, 0.15) is 64.2 Å². The molecule has 1 N–H and O–H groups in total. The number of rotatable bonds is 8. The smallest absolute Gasteiger partial charge is 0.255 e. The largest absolute Gasteiger partial charge is 0.322 e. The molecule has 2 amide bonds. The third-order valence-electron chi connectivity index (χ3n) is 6.35. The number of aryl methyl sites for hydroxylation is 3. The first-order chi connectivity index (χ1) is 16.5. The molecular formula is C29H32N2O2S. The zero-order valence-electron chi connectivity index (χ0n) is 20.1. The molecule has 0 aliphatic carbocycles. The standard InChI is InChI=1S/C29H32N2O2S/c1-4-5-6-8-22-12-14-23(15-13-22)28(33)30-25-10-7-9-24(18-25)29-31(27(32)19-34-29)26-16-11-20(2)21(3)17-26/h7,9-18,29H,4-6,8,19H2,1-3H3,(H,30,33)/t29-/m0/s1. The van der Waals surface area contributed by atoms with Crippen LogP contribution in [0.4, 0.5) is 11.4 Å². The van der Waals surface area contributed by atoms with Crippen LogP contribution in [0, 0.1) is 13.8 Å². The van der Waals surface area contributed by atoms with Crippen LogP contribution >= 0.6 is 11.8 Å². The molecule has 4 rings (SSSR count). The fraction of sp³-hybridized carbons (Fsp3) is 0.310. The Kier molecular flexibility index (Phi) is 7.73. The lowest BCUT2D eigenvalue weighted by Crippen LogP contribution is -2.28. The van der Waals surface area contributed by atoms with Crippen molar-refractivity contribution in [3.8, 4) is 0 Å². The SMILES string of the molecule is CCCCCc1ccc(C(=O)Nc2cccc([C@@H]3SCC(=O)N3c3ccc(C)c(C)c3)c2)cc1. The van der Waals surface area contributed by atoms with Crippen molar-refractivity contribution in [2.75, 3.05) is 16.0 Å². The van der Waals surface area contributed by atoms with Crippen LogP contribution in [0.15, 0.2) is 66.7 Å². The van der Waals surface area contributed by atoms with Crippen molar-refractivity contribution < 1.29 is 9.59 Å². The highest BCUT2D eigenvalue weighted by Gasteiger charge is 2.34. The topological polar surface area (TPSA) is 49.4 Å². The number of benzene rings is 3. The lowest BCUT2D eigenvalue weighted by atomic mass is 10.0. The number of hydrogen-bond donors (Lipinski definition) is 1. The van der Waals surface area contributed by atoms with Gasteiger partial charge in [-0.15, -0.1) is 11.8 Å². The summed E-state index contributed by atoms with van der Waals surface area (Å²) in [6.07, 6.45) is 4.65. The monoisotopic (exact) mass is 472 g/mol. The Morgan fingerprint density at radius 2 is 1.79 bits per heavy atom. The third-order valence-corrected chi connectivity index (χ3v) is 7.56. The lowest BCUT2D eigenvalue weighted by Gasteiger charge is -2.25. The van der Waals surface area contributed by atoms with Gasteiger partial charge in [0, 0.05) is 16.9 Å². The number of hydrogen-bond acceptors (Lipinski definition) is 3. The number of thioether (sulfide) groups is 1. The van der Waals surface area contributed by atoms with Crippen molar-refractivity contribution in [2.24, 2.45) is 0 Å². The Morgan fingerprint density at radius 1 is 1.00 bits per heavy atom. The van der Waals surface area contributed by atoms with Crippen LogP contribution in [0.3, 0.4) is 0 Å². The van der Waals surface area contributed by atoms with Gasteiger partial charge in [0.05, 0.1) is 5.75 Å². The second-order valence-corrected chi connectivity index (χ2v) is 10.00. The summed E-state index contributed by atoms with van der Waals surface area (Å²) in [5.74, 6) is 0.420. The van der Waals surface area contributed by atoms with Crippen LogP contribution in [0.2, 0.25) is 0 Å². The first-order valence-electron chi connectivity index (χ1n) is 12.0. The van der Waals surface area contributed by atoms with E-state index in [2.05, 4.69) is 38.2 Å². The number of nitrogens with zero attached hydrogens (tertiary/aromatic N) is 1. The number of carbonyl (C=O) groups is 2. The van der Waals surface area contributed by atoms with Gasteiger partial charge in [-0.2, -0.15) is 0 Å². The van der Waals surface area contributed by atoms with Gasteiger partial charge in [-0.1, -0.05) is 50.1 Å². The zero-order chi connectivity index (χ0) is 24.1. The molecule has 0 bridgehead atoms. The number of nitrogens with one attached hydrogen (secondary N) is 1. The van der Waals surface area contributed by atoms with Gasteiger partial charge in [0.1, 0.15) is 5.37 Å². The van der Waals surface area contributed by atoms with E-state index in [1.807, 2.05) is 59.5 Å². The second kappa shape index (κ2) is 10.9. The van der Waals surface area contributed by atoms with Gasteiger partial charge in [-0.25, -0.2) is 0 Å². The zero-order valence-corrected chi connectivity index (χ0v) is 21.0. The highest BCUT2D eigenvalue weighted by Crippen LogP contribution is 2.42. The van der Waals surface area contributed by atoms with Gasteiger partial charge < -0.3 is 5.32 Å². The number of unbranched alkanes of at least 4 members (excludes halogenated alkanes) is 2. The molecule has 0 saturated carbocycles. The first kappa shape index (κ1) is 24.1. The predicted octanol–water partition coefficient (Wildman–Crippen LogP) is 7.07. The maximum atomic E-state index is 12.8. The van der Waals surface area contributed by atoms with Crippen LogP contribution in [0.25, 0.3) is 0 Å². The summed E-state index contributed by atoms with van der Waals surface area (Å²) < 4.78 is 0. The molecule has 176 valence electrons. The maximum Gasteiger partial charge on any atom is 0.255 e. The molecule has 0 aromatic heterocycles. The van der Waals surface area contributed by atoms with Crippen molar-refractivity contribution in [1.29, 1.82) is 0 Å². The Bertz CT molecular complexity index is 1170. The number of anilines is 2. The van der Waals surface area contributed by atoms with Crippen molar-refractivity contribution in [1.82, 2.24) is 0 Å². The summed E-state index contributed by atoms with van der Waals surface area (Å²) >= 11 is 1.61. The normalized spacial score (nSPS) is 15.6. The molecule has 4 nitrogen and oxygen atoms in total. The second-order valence-electron chi connectivity index (χ2n) is 8.93. The van der Waals surface area contributed by atoms with E-state index in [0.29, 0.717) is 11.3 Å². The summed E-state index contributed by atoms with van der Waals surface area (Å²) in [5.41, 5.74) is 6.93. The molecule has 5 heteroatoms. The van der Waals surface area contributed by atoms with Gasteiger partial charge in [0.25, 0.3) is 5.91 Å². The van der Waals surface area contributed by atoms with Crippen LogP contribution in [-0.4, -0.2) is 17.6 Å². The lowest BCUT2D eigenvalue weighted by molar-refractivity contribution is -0.115. The quantitative estimate of drug-likeness (QED) is 0.357. The molecule has 0 spiro atoms. The molecule has 0 unspecified atom stereocenters. The molecule has 0 radical (unpaired) electrons. The summed E-state index contributed by atoms with van der Waals surface area (Å²) in [6, 6.07) is 21.8. The highest BCUT2D eigenvalue weighted by atomic mass is 32.2. The number of carbonyl (C=O) groups excluding carboxylic acids is 2. The van der Waals surface area contributed by atoms with E-state index in [9.17, 15) is 9.59 Å². The van der Waals surface area contributed by atoms with E-state index in [-0.39, 0.29) is 17.2 Å². The third kappa shape index (κ3) is 5.53. The van der Waals surface area contributed by atoms with Gasteiger partial charge in [0.2, 0.25) is 5.91 Å². The van der Waals surface area contributed by atoms with E-state index in [1.54, 1.807) is 11.8 Å². The van der Waals surface area contributed by atoms with E-state index < -0.39 is 0 Å². The van der Waals surface area contributed by atoms with E-state index in [1.165, 1.54) is 36.0 Å². The van der Waals surface area contributed by atoms with Crippen LogP contribution < -0.4 is 10.2 Å². The fourth-order valence-corrected chi connectivity index (χ4v) is 5.37. The average Bonchev–Trinajstić information content (AvgIpc) is 3.23. The van der Waals surface area contributed by atoms with E-state index >= 15 is 0 Å². The summed E-state index contributed by atoms with van der Waals surface area (Å²) in [5, 5.41) is 2.91. The molecule has 1 heterocycles. The maximum absolute atomic E-state index is 12.8. The molecule has 1 aliphatic rings. The van der Waals surface area contributed by atoms with Crippen LogP contribution in [-0.2, 0) is 11.2 Å². The fourth-order valence-electron chi connectivity index (χ4n) is 4.20. The van der Waals surface area contributed by atoms with Crippen molar-refractivity contribution >= 4 is 35.0 Å². The molecule has 1 fully saturated rings. The Labute approximate surface area is 206 Å². The molecule has 3 aromatic rings. The Morgan fingerprint density at radius 3 is 2.53 bits per heavy atom. The molecule has 1 atom stereocenters. The van der Waals surface area contributed by atoms with Crippen LogP contribution in [0.5, 0.6) is 0 Å². The first-order valence-corrected chi connectivity index (χ1v) is 13.0. The van der Waals surface area contributed by atoms with Gasteiger partial charge in [-0.3, -0.25) is 14.5 Å². The minimum Gasteiger partial charge on any atom is -0.322 e.